The number of benzene rings is 1. The molecule has 1 atom stereocenters. The van der Waals surface area contributed by atoms with Crippen molar-refractivity contribution in [1.82, 2.24) is 9.97 Å². The maximum absolute atomic E-state index is 12.7. The summed E-state index contributed by atoms with van der Waals surface area (Å²) in [7, 11) is 3.16. The Balaban J connectivity index is 1.69. The Bertz CT molecular complexity index is 724. The number of nitrogens with one attached hydrogen (secondary N) is 1. The fourth-order valence-electron chi connectivity index (χ4n) is 2.99. The lowest BCUT2D eigenvalue weighted by atomic mass is 9.97. The summed E-state index contributed by atoms with van der Waals surface area (Å²) < 4.78 is 10.5. The fraction of sp³-hybridized carbons (Fsp3) is 0.389. The maximum Gasteiger partial charge on any atom is 0.229 e. The van der Waals surface area contributed by atoms with Gasteiger partial charge in [-0.25, -0.2) is 4.98 Å². The predicted octanol–water partition coefficient (Wildman–Crippen LogP) is 2.35. The average Bonchev–Trinajstić information content (AvgIpc) is 2.69. The van der Waals surface area contributed by atoms with Gasteiger partial charge in [0, 0.05) is 31.5 Å². The molecular formula is C18H22N4O3. The van der Waals surface area contributed by atoms with Crippen LogP contribution in [0.15, 0.2) is 36.8 Å². The number of methoxy groups -OCH3 is 2. The molecule has 2 heterocycles. The van der Waals surface area contributed by atoms with Crippen molar-refractivity contribution in [2.24, 2.45) is 5.92 Å². The fourth-order valence-corrected chi connectivity index (χ4v) is 2.99. The number of hydrogen-bond donors (Lipinski definition) is 1. The molecule has 1 aliphatic rings. The molecule has 1 aromatic heterocycles. The number of rotatable bonds is 5. The van der Waals surface area contributed by atoms with Gasteiger partial charge in [0.25, 0.3) is 0 Å². The summed E-state index contributed by atoms with van der Waals surface area (Å²) >= 11 is 0. The van der Waals surface area contributed by atoms with Crippen molar-refractivity contribution in [1.29, 1.82) is 0 Å². The van der Waals surface area contributed by atoms with E-state index in [0.29, 0.717) is 23.7 Å². The molecule has 1 aliphatic heterocycles. The van der Waals surface area contributed by atoms with E-state index in [1.165, 1.54) is 0 Å². The van der Waals surface area contributed by atoms with Gasteiger partial charge in [0.2, 0.25) is 5.91 Å². The van der Waals surface area contributed by atoms with Crippen molar-refractivity contribution in [2.75, 3.05) is 37.5 Å². The molecule has 0 bridgehead atoms. The third-order valence-electron chi connectivity index (χ3n) is 4.33. The first-order valence-corrected chi connectivity index (χ1v) is 8.25. The van der Waals surface area contributed by atoms with E-state index in [-0.39, 0.29) is 11.8 Å². The topological polar surface area (TPSA) is 76.6 Å². The molecule has 1 aromatic carbocycles. The van der Waals surface area contributed by atoms with Crippen LogP contribution in [0.4, 0.5) is 11.5 Å². The van der Waals surface area contributed by atoms with Crippen LogP contribution < -0.4 is 19.7 Å². The van der Waals surface area contributed by atoms with E-state index in [1.807, 2.05) is 0 Å². The first-order chi connectivity index (χ1) is 12.2. The van der Waals surface area contributed by atoms with Crippen molar-refractivity contribution in [3.63, 3.8) is 0 Å². The molecule has 132 valence electrons. The summed E-state index contributed by atoms with van der Waals surface area (Å²) in [5.41, 5.74) is 0.643. The minimum absolute atomic E-state index is 0.0166. The van der Waals surface area contributed by atoms with Crippen molar-refractivity contribution in [2.45, 2.75) is 12.8 Å². The number of piperidine rings is 1. The van der Waals surface area contributed by atoms with Gasteiger partial charge in [0.05, 0.1) is 32.0 Å². The van der Waals surface area contributed by atoms with Crippen molar-refractivity contribution < 1.29 is 14.3 Å². The van der Waals surface area contributed by atoms with Crippen molar-refractivity contribution >= 4 is 17.4 Å². The Labute approximate surface area is 147 Å². The molecule has 0 unspecified atom stereocenters. The van der Waals surface area contributed by atoms with Gasteiger partial charge in [-0.1, -0.05) is 0 Å². The highest BCUT2D eigenvalue weighted by Gasteiger charge is 2.27. The van der Waals surface area contributed by atoms with Crippen LogP contribution in [0.5, 0.6) is 11.5 Å². The van der Waals surface area contributed by atoms with Crippen LogP contribution >= 0.6 is 0 Å². The zero-order valence-electron chi connectivity index (χ0n) is 14.4. The number of anilines is 2. The number of ether oxygens (including phenoxy) is 2. The van der Waals surface area contributed by atoms with E-state index in [0.717, 1.165) is 25.2 Å². The van der Waals surface area contributed by atoms with Crippen molar-refractivity contribution in [3.8, 4) is 11.5 Å². The first kappa shape index (κ1) is 17.0. The quantitative estimate of drug-likeness (QED) is 0.899. The van der Waals surface area contributed by atoms with Crippen LogP contribution in [-0.4, -0.2) is 43.2 Å². The normalized spacial score (nSPS) is 17.0. The van der Waals surface area contributed by atoms with Gasteiger partial charge in [0.1, 0.15) is 17.3 Å². The molecule has 0 radical (unpaired) electrons. The minimum atomic E-state index is -0.109. The van der Waals surface area contributed by atoms with E-state index < -0.39 is 0 Å². The summed E-state index contributed by atoms with van der Waals surface area (Å²) in [6.07, 6.45) is 6.83. The molecule has 7 nitrogen and oxygen atoms in total. The second kappa shape index (κ2) is 7.83. The van der Waals surface area contributed by atoms with Crippen LogP contribution in [0.2, 0.25) is 0 Å². The number of nitrogens with zero attached hydrogens (tertiary/aromatic N) is 3. The standard InChI is InChI=1S/C18H22N4O3/c1-24-14-5-6-15(16(10-14)25-2)21-18(23)13-4-3-9-22(12-13)17-11-19-7-8-20-17/h5-8,10-11,13H,3-4,9,12H2,1-2H3,(H,21,23)/t13-/m1/s1. The predicted molar refractivity (Wildman–Crippen MR) is 95.1 cm³/mol. The third-order valence-corrected chi connectivity index (χ3v) is 4.33. The van der Waals surface area contributed by atoms with Crippen LogP contribution in [-0.2, 0) is 4.79 Å². The smallest absolute Gasteiger partial charge is 0.229 e. The van der Waals surface area contributed by atoms with Crippen molar-refractivity contribution in [3.05, 3.63) is 36.8 Å². The lowest BCUT2D eigenvalue weighted by Gasteiger charge is -2.32. The highest BCUT2D eigenvalue weighted by Crippen LogP contribution is 2.30. The Kier molecular flexibility index (Phi) is 5.33. The Morgan fingerprint density at radius 1 is 1.28 bits per heavy atom. The average molecular weight is 342 g/mol. The number of amides is 1. The zero-order chi connectivity index (χ0) is 17.6. The SMILES string of the molecule is COc1ccc(NC(=O)[C@@H]2CCCN(c3cnccn3)C2)c(OC)c1. The largest absolute Gasteiger partial charge is 0.497 e. The summed E-state index contributed by atoms with van der Waals surface area (Å²) in [5, 5.41) is 2.97. The van der Waals surface area contributed by atoms with Gasteiger partial charge in [-0.05, 0) is 25.0 Å². The molecule has 2 aromatic rings. The second-order valence-corrected chi connectivity index (χ2v) is 5.90. The van der Waals surface area contributed by atoms with E-state index in [2.05, 4.69) is 20.2 Å². The van der Waals surface area contributed by atoms with Gasteiger partial charge >= 0.3 is 0 Å². The van der Waals surface area contributed by atoms with Crippen LogP contribution in [0.3, 0.4) is 0 Å². The van der Waals surface area contributed by atoms with E-state index in [1.54, 1.807) is 51.0 Å². The monoisotopic (exact) mass is 342 g/mol. The van der Waals surface area contributed by atoms with Gasteiger partial charge < -0.3 is 19.7 Å². The molecule has 0 spiro atoms. The molecule has 1 amide bonds. The third kappa shape index (κ3) is 3.99. The zero-order valence-corrected chi connectivity index (χ0v) is 14.4. The van der Waals surface area contributed by atoms with E-state index >= 15 is 0 Å². The molecule has 0 saturated carbocycles. The molecular weight excluding hydrogens is 320 g/mol. The Morgan fingerprint density at radius 3 is 2.88 bits per heavy atom. The highest BCUT2D eigenvalue weighted by molar-refractivity contribution is 5.94. The number of carbonyl (C=O) groups is 1. The number of hydrogen-bond acceptors (Lipinski definition) is 6. The Hall–Kier alpha value is -2.83. The second-order valence-electron chi connectivity index (χ2n) is 5.90. The van der Waals surface area contributed by atoms with Gasteiger partial charge in [-0.15, -0.1) is 0 Å². The van der Waals surface area contributed by atoms with Crippen LogP contribution in [0.25, 0.3) is 0 Å². The minimum Gasteiger partial charge on any atom is -0.497 e. The molecule has 7 heteroatoms. The lowest BCUT2D eigenvalue weighted by Crippen LogP contribution is -2.41. The van der Waals surface area contributed by atoms with Gasteiger partial charge in [0.15, 0.2) is 0 Å². The number of carbonyl (C=O) groups excluding carboxylic acids is 1. The summed E-state index contributed by atoms with van der Waals surface area (Å²) in [5.74, 6) is 1.94. The summed E-state index contributed by atoms with van der Waals surface area (Å²) in [4.78, 5) is 23.2. The molecule has 0 aliphatic carbocycles. The number of aromatic nitrogens is 2. The molecule has 1 fully saturated rings. The van der Waals surface area contributed by atoms with Gasteiger partial charge in [-0.3, -0.25) is 9.78 Å². The molecule has 1 N–H and O–H groups in total. The molecule has 1 saturated heterocycles. The summed E-state index contributed by atoms with van der Waals surface area (Å²) in [6.45, 7) is 1.51. The van der Waals surface area contributed by atoms with Crippen LogP contribution in [0, 0.1) is 5.92 Å². The maximum atomic E-state index is 12.7. The van der Waals surface area contributed by atoms with E-state index in [4.69, 9.17) is 9.47 Å². The van der Waals surface area contributed by atoms with Gasteiger partial charge in [-0.2, -0.15) is 0 Å². The Morgan fingerprint density at radius 2 is 2.16 bits per heavy atom. The molecule has 3 rings (SSSR count). The summed E-state index contributed by atoms with van der Waals surface area (Å²) in [6, 6.07) is 5.34. The first-order valence-electron chi connectivity index (χ1n) is 8.25. The lowest BCUT2D eigenvalue weighted by molar-refractivity contribution is -0.120. The molecule has 25 heavy (non-hydrogen) atoms. The van der Waals surface area contributed by atoms with Crippen LogP contribution in [0.1, 0.15) is 12.8 Å². The highest BCUT2D eigenvalue weighted by atomic mass is 16.5. The van der Waals surface area contributed by atoms with E-state index in [9.17, 15) is 4.79 Å².